The van der Waals surface area contributed by atoms with E-state index in [1.165, 1.54) is 0 Å². The summed E-state index contributed by atoms with van der Waals surface area (Å²) in [6, 6.07) is 0. The van der Waals surface area contributed by atoms with Gasteiger partial charge in [0.1, 0.15) is 0 Å². The van der Waals surface area contributed by atoms with Crippen molar-refractivity contribution >= 4 is 17.8 Å². The maximum absolute atomic E-state index is 11.6. The third-order valence-electron chi connectivity index (χ3n) is 4.13. The van der Waals surface area contributed by atoms with Crippen molar-refractivity contribution in [2.24, 2.45) is 5.92 Å². The van der Waals surface area contributed by atoms with E-state index in [4.69, 9.17) is 10.2 Å². The van der Waals surface area contributed by atoms with Crippen LogP contribution < -0.4 is 0 Å². The number of amides is 1. The minimum atomic E-state index is -0.876. The van der Waals surface area contributed by atoms with Gasteiger partial charge in [0.25, 0.3) is 0 Å². The number of unbranched alkanes of at least 4 members (excludes halogenated alkanes) is 7. The molecule has 0 aliphatic carbocycles. The van der Waals surface area contributed by atoms with Gasteiger partial charge in [0.15, 0.2) is 0 Å². The molecule has 126 valence electrons. The molecule has 0 spiro atoms. The van der Waals surface area contributed by atoms with Crippen LogP contribution in [0.1, 0.15) is 64.2 Å². The Hall–Kier alpha value is -1.59. The highest BCUT2D eigenvalue weighted by atomic mass is 16.4. The maximum Gasteiger partial charge on any atom is 0.308 e. The molecule has 6 heteroatoms. The van der Waals surface area contributed by atoms with Crippen LogP contribution in [0.2, 0.25) is 0 Å². The van der Waals surface area contributed by atoms with E-state index in [2.05, 4.69) is 0 Å². The predicted molar refractivity (Wildman–Crippen MR) is 81.5 cm³/mol. The number of carboxylic acids is 2. The number of hydrogen-bond acceptors (Lipinski definition) is 3. The van der Waals surface area contributed by atoms with Crippen molar-refractivity contribution in [3.8, 4) is 0 Å². The van der Waals surface area contributed by atoms with Crippen LogP contribution in [0, 0.1) is 5.92 Å². The van der Waals surface area contributed by atoms with Gasteiger partial charge < -0.3 is 15.1 Å². The van der Waals surface area contributed by atoms with Gasteiger partial charge in [-0.1, -0.05) is 38.5 Å². The van der Waals surface area contributed by atoms with Gasteiger partial charge in [-0.25, -0.2) is 0 Å². The highest BCUT2D eigenvalue weighted by molar-refractivity contribution is 5.86. The molecule has 22 heavy (non-hydrogen) atoms. The van der Waals surface area contributed by atoms with E-state index in [0.717, 1.165) is 51.4 Å². The van der Waals surface area contributed by atoms with Crippen LogP contribution in [0.15, 0.2) is 0 Å². The summed E-state index contributed by atoms with van der Waals surface area (Å²) in [7, 11) is 0. The lowest BCUT2D eigenvalue weighted by atomic mass is 10.1. The Labute approximate surface area is 131 Å². The summed E-state index contributed by atoms with van der Waals surface area (Å²) in [4.78, 5) is 34.5. The van der Waals surface area contributed by atoms with Crippen molar-refractivity contribution in [3.05, 3.63) is 0 Å². The molecule has 1 aliphatic rings. The van der Waals surface area contributed by atoms with Gasteiger partial charge >= 0.3 is 11.9 Å². The largest absolute Gasteiger partial charge is 0.481 e. The third-order valence-corrected chi connectivity index (χ3v) is 4.13. The summed E-state index contributed by atoms with van der Waals surface area (Å²) in [5.41, 5.74) is 0. The second-order valence-corrected chi connectivity index (χ2v) is 6.05. The normalized spacial score (nSPS) is 17.9. The van der Waals surface area contributed by atoms with E-state index >= 15 is 0 Å². The molecule has 1 saturated heterocycles. The minimum absolute atomic E-state index is 0.0363. The van der Waals surface area contributed by atoms with Crippen molar-refractivity contribution in [2.75, 3.05) is 13.1 Å². The zero-order chi connectivity index (χ0) is 16.4. The minimum Gasteiger partial charge on any atom is -0.481 e. The lowest BCUT2D eigenvalue weighted by molar-refractivity contribution is -0.141. The van der Waals surface area contributed by atoms with Gasteiger partial charge in [-0.05, 0) is 12.8 Å². The van der Waals surface area contributed by atoms with E-state index in [-0.39, 0.29) is 18.7 Å². The molecule has 0 saturated carbocycles. The van der Waals surface area contributed by atoms with Crippen molar-refractivity contribution in [3.63, 3.8) is 0 Å². The first kappa shape index (κ1) is 18.5. The first-order chi connectivity index (χ1) is 10.5. The fourth-order valence-corrected chi connectivity index (χ4v) is 2.79. The van der Waals surface area contributed by atoms with Crippen LogP contribution in [0.25, 0.3) is 0 Å². The summed E-state index contributed by atoms with van der Waals surface area (Å²) >= 11 is 0. The van der Waals surface area contributed by atoms with E-state index in [9.17, 15) is 14.4 Å². The molecule has 1 unspecified atom stereocenters. The summed E-state index contributed by atoms with van der Waals surface area (Å²) in [5, 5.41) is 17.4. The Balaban J connectivity index is 1.92. The van der Waals surface area contributed by atoms with Gasteiger partial charge in [-0.3, -0.25) is 14.4 Å². The van der Waals surface area contributed by atoms with Crippen LogP contribution in [0.3, 0.4) is 0 Å². The number of carboxylic acid groups (broad SMARTS) is 2. The van der Waals surface area contributed by atoms with Crippen LogP contribution >= 0.6 is 0 Å². The van der Waals surface area contributed by atoms with Crippen LogP contribution in [-0.2, 0) is 14.4 Å². The molecular formula is C16H27NO5. The molecule has 1 atom stereocenters. The van der Waals surface area contributed by atoms with Crippen LogP contribution in [-0.4, -0.2) is 46.0 Å². The van der Waals surface area contributed by atoms with Crippen molar-refractivity contribution in [2.45, 2.75) is 64.2 Å². The van der Waals surface area contributed by atoms with Crippen molar-refractivity contribution < 1.29 is 24.6 Å². The molecule has 1 fully saturated rings. The first-order valence-corrected chi connectivity index (χ1v) is 8.23. The Morgan fingerprint density at radius 3 is 2.00 bits per heavy atom. The summed E-state index contributed by atoms with van der Waals surface area (Å²) in [6.45, 7) is 1.03. The Morgan fingerprint density at radius 2 is 1.50 bits per heavy atom. The topological polar surface area (TPSA) is 94.9 Å². The fraction of sp³-hybridized carbons (Fsp3) is 0.812. The monoisotopic (exact) mass is 313 g/mol. The number of likely N-dealkylation sites (tertiary alicyclic amines) is 1. The van der Waals surface area contributed by atoms with Crippen LogP contribution in [0.5, 0.6) is 0 Å². The highest BCUT2D eigenvalue weighted by Gasteiger charge is 2.33. The van der Waals surface area contributed by atoms with Crippen LogP contribution in [0.4, 0.5) is 0 Å². The van der Waals surface area contributed by atoms with Gasteiger partial charge in [0.05, 0.1) is 5.92 Å². The Kier molecular flexibility index (Phi) is 8.55. The van der Waals surface area contributed by atoms with Crippen molar-refractivity contribution in [1.29, 1.82) is 0 Å². The molecule has 0 aromatic rings. The zero-order valence-electron chi connectivity index (χ0n) is 13.1. The van der Waals surface area contributed by atoms with Gasteiger partial charge in [0.2, 0.25) is 5.91 Å². The number of carbonyl (C=O) groups is 3. The Bertz CT molecular complexity index is 383. The third kappa shape index (κ3) is 7.43. The summed E-state index contributed by atoms with van der Waals surface area (Å²) in [6.07, 6.45) is 8.59. The quantitative estimate of drug-likeness (QED) is 0.540. The molecule has 1 rings (SSSR count). The van der Waals surface area contributed by atoms with Crippen molar-refractivity contribution in [1.82, 2.24) is 4.90 Å². The lowest BCUT2D eigenvalue weighted by Gasteiger charge is -2.15. The molecule has 0 bridgehead atoms. The van der Waals surface area contributed by atoms with E-state index in [1.807, 2.05) is 0 Å². The number of aliphatic carboxylic acids is 2. The van der Waals surface area contributed by atoms with Gasteiger partial charge in [-0.2, -0.15) is 0 Å². The second-order valence-electron chi connectivity index (χ2n) is 6.05. The average molecular weight is 313 g/mol. The molecule has 6 nitrogen and oxygen atoms in total. The lowest BCUT2D eigenvalue weighted by Crippen LogP contribution is -2.27. The zero-order valence-corrected chi connectivity index (χ0v) is 13.1. The van der Waals surface area contributed by atoms with Gasteiger partial charge in [-0.15, -0.1) is 0 Å². The molecule has 0 aromatic heterocycles. The number of carbonyl (C=O) groups excluding carboxylic acids is 1. The number of hydrogen-bond donors (Lipinski definition) is 2. The van der Waals surface area contributed by atoms with E-state index < -0.39 is 17.9 Å². The maximum atomic E-state index is 11.6. The molecule has 1 aliphatic heterocycles. The molecule has 0 aromatic carbocycles. The predicted octanol–water partition coefficient (Wildman–Crippen LogP) is 2.52. The van der Waals surface area contributed by atoms with E-state index in [0.29, 0.717) is 13.1 Å². The summed E-state index contributed by atoms with van der Waals surface area (Å²) < 4.78 is 0. The molecule has 1 heterocycles. The smallest absolute Gasteiger partial charge is 0.308 e. The fourth-order valence-electron chi connectivity index (χ4n) is 2.79. The average Bonchev–Trinajstić information content (AvgIpc) is 2.82. The highest BCUT2D eigenvalue weighted by Crippen LogP contribution is 2.19. The van der Waals surface area contributed by atoms with Gasteiger partial charge in [0, 0.05) is 25.9 Å². The summed E-state index contributed by atoms with van der Waals surface area (Å²) in [5.74, 6) is -2.16. The number of rotatable bonds is 12. The molecule has 0 radical (unpaired) electrons. The Morgan fingerprint density at radius 1 is 0.955 bits per heavy atom. The number of nitrogens with zero attached hydrogens (tertiary/aromatic N) is 1. The van der Waals surface area contributed by atoms with E-state index in [1.54, 1.807) is 4.90 Å². The molecule has 2 N–H and O–H groups in total. The standard InChI is InChI=1S/C16H27NO5/c18-14-11-13(16(21)22)12-17(14)10-8-6-4-2-1-3-5-7-9-15(19)20/h13H,1-12H2,(H,19,20)(H,21,22). The second kappa shape index (κ2) is 10.2. The molecular weight excluding hydrogens is 286 g/mol. The first-order valence-electron chi connectivity index (χ1n) is 8.23. The SMILES string of the molecule is O=C(O)CCCCCCCCCCN1CC(C(=O)O)CC1=O. The molecule has 1 amide bonds.